The Morgan fingerprint density at radius 3 is 1.34 bits per heavy atom. The molecule has 0 spiro atoms. The van der Waals surface area contributed by atoms with E-state index in [0.717, 1.165) is 33.6 Å². The lowest BCUT2D eigenvalue weighted by molar-refractivity contribution is 0.100. The lowest BCUT2D eigenvalue weighted by Gasteiger charge is -2.16. The molecule has 0 aliphatic carbocycles. The van der Waals surface area contributed by atoms with Gasteiger partial charge in [0.05, 0.1) is 22.5 Å². The monoisotopic (exact) mass is 531 g/mol. The van der Waals surface area contributed by atoms with Crippen LogP contribution in [0, 0.1) is 6.92 Å². The van der Waals surface area contributed by atoms with Gasteiger partial charge in [0.25, 0.3) is 0 Å². The van der Waals surface area contributed by atoms with E-state index in [0.29, 0.717) is 28.8 Å². The van der Waals surface area contributed by atoms with E-state index in [1.165, 1.54) is 0 Å². The molecule has 0 bridgehead atoms. The van der Waals surface area contributed by atoms with Gasteiger partial charge in [-0.25, -0.2) is 0 Å². The molecule has 1 aromatic heterocycles. The minimum atomic E-state index is -0.177. The fraction of sp³-hybridized carbons (Fsp3) is 0.0526. The van der Waals surface area contributed by atoms with Gasteiger partial charge in [0.15, 0.2) is 11.6 Å². The molecule has 0 unspecified atom stereocenters. The molecular formula is C38H29NO2. The van der Waals surface area contributed by atoms with Gasteiger partial charge in [0.1, 0.15) is 0 Å². The van der Waals surface area contributed by atoms with Crippen LogP contribution in [0.3, 0.4) is 0 Å². The summed E-state index contributed by atoms with van der Waals surface area (Å²) in [5, 5.41) is 0. The SMILES string of the molecule is Cc1ccc(-c2c(C(=O)c3ccccc3)c(C(=O)c3ccccc3)c(-c3ccccc3)n2Cc2ccccc2)cc1. The van der Waals surface area contributed by atoms with Gasteiger partial charge in [-0.2, -0.15) is 0 Å². The smallest absolute Gasteiger partial charge is 0.195 e. The normalized spacial score (nSPS) is 10.9. The van der Waals surface area contributed by atoms with Crippen LogP contribution in [0.15, 0.2) is 146 Å². The highest BCUT2D eigenvalue weighted by atomic mass is 16.1. The van der Waals surface area contributed by atoms with Gasteiger partial charge >= 0.3 is 0 Å². The van der Waals surface area contributed by atoms with Gasteiger partial charge in [-0.1, -0.05) is 151 Å². The Hall–Kier alpha value is -5.28. The Bertz CT molecular complexity index is 1800. The summed E-state index contributed by atoms with van der Waals surface area (Å²) in [5.74, 6) is -0.353. The molecule has 0 saturated carbocycles. The van der Waals surface area contributed by atoms with Gasteiger partial charge in [0, 0.05) is 17.7 Å². The Balaban J connectivity index is 1.76. The van der Waals surface area contributed by atoms with E-state index in [2.05, 4.69) is 16.7 Å². The second-order valence-electron chi connectivity index (χ2n) is 10.1. The van der Waals surface area contributed by atoms with E-state index in [1.54, 1.807) is 0 Å². The molecule has 0 radical (unpaired) electrons. The largest absolute Gasteiger partial charge is 0.335 e. The van der Waals surface area contributed by atoms with Crippen LogP contribution in [0.2, 0.25) is 0 Å². The second kappa shape index (κ2) is 11.4. The van der Waals surface area contributed by atoms with E-state index in [9.17, 15) is 9.59 Å². The van der Waals surface area contributed by atoms with Crippen LogP contribution >= 0.6 is 0 Å². The van der Waals surface area contributed by atoms with Crippen LogP contribution in [0.5, 0.6) is 0 Å². The van der Waals surface area contributed by atoms with Crippen molar-refractivity contribution in [2.45, 2.75) is 13.5 Å². The maximum atomic E-state index is 14.5. The first-order valence-corrected chi connectivity index (χ1v) is 13.7. The average Bonchev–Trinajstić information content (AvgIpc) is 3.36. The van der Waals surface area contributed by atoms with Crippen molar-refractivity contribution in [1.29, 1.82) is 0 Å². The predicted octanol–water partition coefficient (Wildman–Crippen LogP) is 8.64. The lowest BCUT2D eigenvalue weighted by atomic mass is 9.90. The van der Waals surface area contributed by atoms with Crippen LogP contribution in [0.1, 0.15) is 43.0 Å². The summed E-state index contributed by atoms with van der Waals surface area (Å²) in [4.78, 5) is 29.1. The summed E-state index contributed by atoms with van der Waals surface area (Å²) in [6.07, 6.45) is 0. The van der Waals surface area contributed by atoms with E-state index in [4.69, 9.17) is 0 Å². The molecule has 0 aliphatic rings. The van der Waals surface area contributed by atoms with Gasteiger partial charge in [-0.3, -0.25) is 9.59 Å². The van der Waals surface area contributed by atoms with Crippen molar-refractivity contribution in [2.75, 3.05) is 0 Å². The van der Waals surface area contributed by atoms with E-state index in [-0.39, 0.29) is 11.6 Å². The summed E-state index contributed by atoms with van der Waals surface area (Å²) in [6.45, 7) is 2.54. The van der Waals surface area contributed by atoms with Crippen molar-refractivity contribution in [2.24, 2.45) is 0 Å². The molecule has 5 aromatic carbocycles. The highest BCUT2D eigenvalue weighted by Crippen LogP contribution is 2.40. The Morgan fingerprint density at radius 2 is 0.878 bits per heavy atom. The molecule has 0 aliphatic heterocycles. The molecule has 3 heteroatoms. The first-order chi connectivity index (χ1) is 20.1. The number of hydrogen-bond acceptors (Lipinski definition) is 2. The van der Waals surface area contributed by atoms with Crippen LogP contribution in [-0.4, -0.2) is 16.1 Å². The molecular weight excluding hydrogens is 502 g/mol. The number of ketones is 2. The summed E-state index contributed by atoms with van der Waals surface area (Å²) in [6, 6.07) is 46.7. The topological polar surface area (TPSA) is 39.1 Å². The minimum Gasteiger partial charge on any atom is -0.335 e. The zero-order valence-corrected chi connectivity index (χ0v) is 22.8. The van der Waals surface area contributed by atoms with Crippen LogP contribution in [0.4, 0.5) is 0 Å². The molecule has 198 valence electrons. The lowest BCUT2D eigenvalue weighted by Crippen LogP contribution is -2.11. The quantitative estimate of drug-likeness (QED) is 0.184. The first kappa shape index (κ1) is 26.0. The van der Waals surface area contributed by atoms with E-state index >= 15 is 0 Å². The Labute approximate surface area is 240 Å². The third-order valence-corrected chi connectivity index (χ3v) is 7.35. The standard InChI is InChI=1S/C38H29NO2/c1-27-22-24-30(25-23-27)36-34(38(41)32-20-12-5-13-21-32)33(37(40)31-18-10-4-11-19-31)35(29-16-8-3-9-17-29)39(36)26-28-14-6-2-7-15-28/h2-25H,26H2,1H3. The van der Waals surface area contributed by atoms with Crippen molar-refractivity contribution >= 4 is 11.6 Å². The number of carbonyl (C=O) groups excluding carboxylic acids is 2. The second-order valence-corrected chi connectivity index (χ2v) is 10.1. The molecule has 0 saturated heterocycles. The molecule has 1 heterocycles. The molecule has 3 nitrogen and oxygen atoms in total. The van der Waals surface area contributed by atoms with Gasteiger partial charge in [-0.15, -0.1) is 0 Å². The molecule has 0 amide bonds. The maximum absolute atomic E-state index is 14.5. The average molecular weight is 532 g/mol. The minimum absolute atomic E-state index is 0.176. The first-order valence-electron chi connectivity index (χ1n) is 13.7. The number of nitrogens with zero attached hydrogens (tertiary/aromatic N) is 1. The maximum Gasteiger partial charge on any atom is 0.195 e. The number of carbonyl (C=O) groups is 2. The summed E-state index contributed by atoms with van der Waals surface area (Å²) >= 11 is 0. The fourth-order valence-corrected chi connectivity index (χ4v) is 5.36. The predicted molar refractivity (Wildman–Crippen MR) is 165 cm³/mol. The van der Waals surface area contributed by atoms with Crippen molar-refractivity contribution in [3.8, 4) is 22.5 Å². The van der Waals surface area contributed by atoms with Gasteiger partial charge in [-0.05, 0) is 23.6 Å². The number of benzene rings is 5. The van der Waals surface area contributed by atoms with Gasteiger partial charge < -0.3 is 4.57 Å². The highest BCUT2D eigenvalue weighted by molar-refractivity contribution is 6.25. The third-order valence-electron chi connectivity index (χ3n) is 7.35. The molecule has 0 atom stereocenters. The number of aryl methyl sites for hydroxylation is 1. The van der Waals surface area contributed by atoms with Crippen molar-refractivity contribution in [3.05, 3.63) is 179 Å². The van der Waals surface area contributed by atoms with Crippen molar-refractivity contribution < 1.29 is 9.59 Å². The molecule has 0 N–H and O–H groups in total. The van der Waals surface area contributed by atoms with Gasteiger partial charge in [0.2, 0.25) is 0 Å². The molecule has 6 aromatic rings. The molecule has 6 rings (SSSR count). The number of aromatic nitrogens is 1. The Kier molecular flexibility index (Phi) is 7.25. The summed E-state index contributed by atoms with van der Waals surface area (Å²) in [5.41, 5.74) is 7.35. The summed E-state index contributed by atoms with van der Waals surface area (Å²) in [7, 11) is 0. The highest BCUT2D eigenvalue weighted by Gasteiger charge is 2.33. The van der Waals surface area contributed by atoms with Crippen LogP contribution < -0.4 is 0 Å². The fourth-order valence-electron chi connectivity index (χ4n) is 5.36. The van der Waals surface area contributed by atoms with E-state index < -0.39 is 0 Å². The zero-order chi connectivity index (χ0) is 28.2. The third kappa shape index (κ3) is 5.18. The van der Waals surface area contributed by atoms with Crippen LogP contribution in [0.25, 0.3) is 22.5 Å². The molecule has 0 fully saturated rings. The van der Waals surface area contributed by atoms with Crippen molar-refractivity contribution in [3.63, 3.8) is 0 Å². The van der Waals surface area contributed by atoms with E-state index in [1.807, 2.05) is 140 Å². The molecule has 41 heavy (non-hydrogen) atoms. The zero-order valence-electron chi connectivity index (χ0n) is 22.8. The van der Waals surface area contributed by atoms with Crippen LogP contribution in [-0.2, 0) is 6.54 Å². The Morgan fingerprint density at radius 1 is 0.488 bits per heavy atom. The number of hydrogen-bond donors (Lipinski definition) is 0. The number of rotatable bonds is 8. The van der Waals surface area contributed by atoms with Crippen molar-refractivity contribution in [1.82, 2.24) is 4.57 Å². The summed E-state index contributed by atoms with van der Waals surface area (Å²) < 4.78 is 2.15.